The first-order valence-electron chi connectivity index (χ1n) is 11.7. The highest BCUT2D eigenvalue weighted by molar-refractivity contribution is 6.09. The van der Waals surface area contributed by atoms with E-state index in [0.29, 0.717) is 40.4 Å². The third kappa shape index (κ3) is 3.39. The van der Waals surface area contributed by atoms with Gasteiger partial charge in [-0.2, -0.15) is 10.1 Å². The van der Waals surface area contributed by atoms with Crippen LogP contribution in [0.5, 0.6) is 0 Å². The van der Waals surface area contributed by atoms with Gasteiger partial charge in [0, 0.05) is 24.3 Å². The van der Waals surface area contributed by atoms with E-state index < -0.39 is 6.17 Å². The smallest absolute Gasteiger partial charge is 0.259 e. The van der Waals surface area contributed by atoms with Crippen molar-refractivity contribution in [3.8, 4) is 11.4 Å². The standard InChI is InChI=1S/C25H23FN6O3/c1-14-2-3-15(22-29-24(35-30-22)17-7-19(17)26)6-20(14)28-23(33)18-8-27-32-9-16(4-5-21(18)32)31-10-25(11-31)12-34-13-25/h2-6,8-9,17,19H,7,10-13H2,1H3,(H,28,33)/t17-,19-/m0/s1. The second-order valence-electron chi connectivity index (χ2n) is 9.92. The molecule has 1 aromatic carbocycles. The number of hydrogen-bond donors (Lipinski definition) is 1. The van der Waals surface area contributed by atoms with E-state index >= 15 is 0 Å². The average molecular weight is 474 g/mol. The summed E-state index contributed by atoms with van der Waals surface area (Å²) in [5.74, 6) is 0.138. The van der Waals surface area contributed by atoms with Crippen molar-refractivity contribution >= 4 is 22.8 Å². The van der Waals surface area contributed by atoms with Gasteiger partial charge in [-0.3, -0.25) is 4.79 Å². The Morgan fingerprint density at radius 1 is 1.23 bits per heavy atom. The molecule has 35 heavy (non-hydrogen) atoms. The molecule has 178 valence electrons. The zero-order valence-corrected chi connectivity index (χ0v) is 19.1. The lowest BCUT2D eigenvalue weighted by Gasteiger charge is -2.55. The van der Waals surface area contributed by atoms with E-state index in [1.54, 1.807) is 16.8 Å². The molecule has 0 unspecified atom stereocenters. The molecule has 5 heterocycles. The minimum Gasteiger partial charge on any atom is -0.380 e. The molecular weight excluding hydrogens is 451 g/mol. The number of benzene rings is 1. The first-order chi connectivity index (χ1) is 17.0. The van der Waals surface area contributed by atoms with Gasteiger partial charge in [0.15, 0.2) is 0 Å². The van der Waals surface area contributed by atoms with E-state index in [0.717, 1.165) is 43.1 Å². The number of aromatic nitrogens is 4. The van der Waals surface area contributed by atoms with Gasteiger partial charge in [0.05, 0.1) is 53.7 Å². The molecule has 9 nitrogen and oxygen atoms in total. The van der Waals surface area contributed by atoms with Gasteiger partial charge in [-0.25, -0.2) is 8.91 Å². The maximum absolute atomic E-state index is 13.3. The Kier molecular flexibility index (Phi) is 4.32. The molecule has 2 aliphatic heterocycles. The molecule has 10 heteroatoms. The highest BCUT2D eigenvalue weighted by atomic mass is 19.1. The molecule has 0 radical (unpaired) electrons. The van der Waals surface area contributed by atoms with Crippen LogP contribution in [0.1, 0.15) is 34.2 Å². The fourth-order valence-electron chi connectivity index (χ4n) is 4.86. The van der Waals surface area contributed by atoms with Crippen LogP contribution < -0.4 is 10.2 Å². The third-order valence-corrected chi connectivity index (χ3v) is 7.19. The van der Waals surface area contributed by atoms with Gasteiger partial charge in [0.25, 0.3) is 5.91 Å². The summed E-state index contributed by atoms with van der Waals surface area (Å²) >= 11 is 0. The second-order valence-corrected chi connectivity index (χ2v) is 9.92. The number of amides is 1. The van der Waals surface area contributed by atoms with Crippen molar-refractivity contribution < 1.29 is 18.4 Å². The van der Waals surface area contributed by atoms with E-state index in [4.69, 9.17) is 9.26 Å². The van der Waals surface area contributed by atoms with Gasteiger partial charge < -0.3 is 19.5 Å². The highest BCUT2D eigenvalue weighted by Crippen LogP contribution is 2.43. The summed E-state index contributed by atoms with van der Waals surface area (Å²) in [4.78, 5) is 19.8. The summed E-state index contributed by atoms with van der Waals surface area (Å²) in [6.45, 7) is 5.56. The van der Waals surface area contributed by atoms with Crippen LogP contribution in [-0.2, 0) is 4.74 Å². The Morgan fingerprint density at radius 3 is 2.80 bits per heavy atom. The fraction of sp³-hybridized carbons (Fsp3) is 0.360. The average Bonchev–Trinajstić information content (AvgIpc) is 3.19. The predicted octanol–water partition coefficient (Wildman–Crippen LogP) is 3.61. The van der Waals surface area contributed by atoms with Gasteiger partial charge in [-0.15, -0.1) is 0 Å². The number of anilines is 2. The number of nitrogens with zero attached hydrogens (tertiary/aromatic N) is 5. The first-order valence-corrected chi connectivity index (χ1v) is 11.7. The van der Waals surface area contributed by atoms with Crippen molar-refractivity contribution in [3.63, 3.8) is 0 Å². The zero-order valence-electron chi connectivity index (χ0n) is 19.1. The Balaban J connectivity index is 1.10. The van der Waals surface area contributed by atoms with E-state index in [1.807, 2.05) is 37.4 Å². The summed E-state index contributed by atoms with van der Waals surface area (Å²) in [6.07, 6.45) is 3.06. The molecule has 1 saturated carbocycles. The van der Waals surface area contributed by atoms with E-state index in [1.165, 1.54) is 0 Å². The zero-order chi connectivity index (χ0) is 23.7. The summed E-state index contributed by atoms with van der Waals surface area (Å²) < 4.78 is 25.6. The second kappa shape index (κ2) is 7.35. The molecule has 2 atom stereocenters. The number of aryl methyl sites for hydroxylation is 1. The topological polar surface area (TPSA) is 97.8 Å². The molecule has 4 aromatic rings. The molecule has 0 bridgehead atoms. The fourth-order valence-corrected chi connectivity index (χ4v) is 4.86. The molecule has 3 aliphatic rings. The van der Waals surface area contributed by atoms with Crippen molar-refractivity contribution in [2.45, 2.75) is 25.4 Å². The number of halogens is 1. The minimum atomic E-state index is -0.905. The Bertz CT molecular complexity index is 1470. The van der Waals surface area contributed by atoms with Gasteiger partial charge in [-0.05, 0) is 37.1 Å². The number of nitrogens with one attached hydrogen (secondary N) is 1. The van der Waals surface area contributed by atoms with Gasteiger partial charge in [0.1, 0.15) is 6.17 Å². The van der Waals surface area contributed by atoms with Crippen molar-refractivity contribution in [2.24, 2.45) is 5.41 Å². The van der Waals surface area contributed by atoms with E-state index in [-0.39, 0.29) is 11.8 Å². The largest absolute Gasteiger partial charge is 0.380 e. The maximum atomic E-state index is 13.3. The molecule has 2 saturated heterocycles. The van der Waals surface area contributed by atoms with E-state index in [9.17, 15) is 9.18 Å². The predicted molar refractivity (Wildman–Crippen MR) is 125 cm³/mol. The van der Waals surface area contributed by atoms with Crippen LogP contribution in [0.2, 0.25) is 0 Å². The van der Waals surface area contributed by atoms with Crippen LogP contribution in [-0.4, -0.2) is 58.1 Å². The van der Waals surface area contributed by atoms with Crippen molar-refractivity contribution in [1.29, 1.82) is 0 Å². The lowest BCUT2D eigenvalue weighted by Crippen LogP contribution is -2.66. The van der Waals surface area contributed by atoms with Crippen molar-refractivity contribution in [3.05, 3.63) is 59.7 Å². The van der Waals surface area contributed by atoms with Crippen LogP contribution in [0.3, 0.4) is 0 Å². The Labute approximate surface area is 199 Å². The SMILES string of the molecule is Cc1ccc(-c2noc([C@H]3C[C@@H]3F)n2)cc1NC(=O)c1cnn2cc(N3CC4(COC4)C3)ccc12. The number of hydrogen-bond acceptors (Lipinski definition) is 7. The molecule has 1 spiro atoms. The molecule has 1 aliphatic carbocycles. The van der Waals surface area contributed by atoms with Crippen LogP contribution in [0, 0.1) is 12.3 Å². The number of pyridine rings is 1. The molecular formula is C25H23FN6O3. The number of carbonyl (C=O) groups is 1. The van der Waals surface area contributed by atoms with Crippen LogP contribution in [0.4, 0.5) is 15.8 Å². The summed E-state index contributed by atoms with van der Waals surface area (Å²) in [6, 6.07) is 9.49. The molecule has 1 amide bonds. The number of fused-ring (bicyclic) bond motifs is 1. The van der Waals surface area contributed by atoms with Crippen LogP contribution >= 0.6 is 0 Å². The number of alkyl halides is 1. The molecule has 3 aromatic heterocycles. The maximum Gasteiger partial charge on any atom is 0.259 e. The first kappa shape index (κ1) is 20.6. The van der Waals surface area contributed by atoms with Crippen molar-refractivity contribution in [1.82, 2.24) is 19.8 Å². The molecule has 1 N–H and O–H groups in total. The highest BCUT2D eigenvalue weighted by Gasteiger charge is 2.49. The number of rotatable bonds is 5. The third-order valence-electron chi connectivity index (χ3n) is 7.19. The summed E-state index contributed by atoms with van der Waals surface area (Å²) in [5.41, 5.74) is 4.84. The van der Waals surface area contributed by atoms with Gasteiger partial charge >= 0.3 is 0 Å². The Hall–Kier alpha value is -3.79. The monoisotopic (exact) mass is 474 g/mol. The van der Waals surface area contributed by atoms with Gasteiger partial charge in [0.2, 0.25) is 11.7 Å². The van der Waals surface area contributed by atoms with E-state index in [2.05, 4.69) is 25.5 Å². The lowest BCUT2D eigenvalue weighted by molar-refractivity contribution is -0.127. The normalized spacial score (nSPS) is 22.2. The summed E-state index contributed by atoms with van der Waals surface area (Å²) in [7, 11) is 0. The number of carbonyl (C=O) groups excluding carboxylic acids is 1. The van der Waals surface area contributed by atoms with Crippen LogP contribution in [0.15, 0.2) is 47.2 Å². The van der Waals surface area contributed by atoms with Gasteiger partial charge in [-0.1, -0.05) is 17.3 Å². The lowest BCUT2D eigenvalue weighted by atomic mass is 9.78. The minimum absolute atomic E-state index is 0.255. The van der Waals surface area contributed by atoms with Crippen molar-refractivity contribution in [2.75, 3.05) is 36.5 Å². The quantitative estimate of drug-likeness (QED) is 0.472. The molecule has 7 rings (SSSR count). The van der Waals surface area contributed by atoms with Crippen LogP contribution in [0.25, 0.3) is 16.9 Å². The Morgan fingerprint density at radius 2 is 2.06 bits per heavy atom. The summed E-state index contributed by atoms with van der Waals surface area (Å²) in [5, 5.41) is 11.4. The molecule has 3 fully saturated rings. The number of ether oxygens (including phenoxy) is 1.